The van der Waals surface area contributed by atoms with Gasteiger partial charge < -0.3 is 19.2 Å². The number of aromatic nitrogens is 2. The first kappa shape index (κ1) is 13.6. The van der Waals surface area contributed by atoms with Crippen molar-refractivity contribution in [3.63, 3.8) is 0 Å². The topological polar surface area (TPSA) is 33.2 Å². The number of rotatable bonds is 3. The second kappa shape index (κ2) is 5.18. The summed E-state index contributed by atoms with van der Waals surface area (Å²) in [6, 6.07) is 3.64. The van der Waals surface area contributed by atoms with Crippen LogP contribution in [-0.2, 0) is 6.54 Å². The van der Waals surface area contributed by atoms with Crippen molar-refractivity contribution in [2.45, 2.75) is 25.4 Å². The summed E-state index contributed by atoms with van der Waals surface area (Å²) in [5, 5.41) is 0. The molecule has 1 aliphatic heterocycles. The van der Waals surface area contributed by atoms with Gasteiger partial charge in [0.05, 0.1) is 18.1 Å². The molecule has 3 rings (SSSR count). The third-order valence-corrected chi connectivity index (χ3v) is 4.43. The zero-order chi connectivity index (χ0) is 14.3. The van der Waals surface area contributed by atoms with Gasteiger partial charge in [0.15, 0.2) is 16.3 Å². The number of halogens is 1. The van der Waals surface area contributed by atoms with Crippen LogP contribution in [0.3, 0.4) is 0 Å². The minimum atomic E-state index is -0.374. The predicted octanol–water partition coefficient (Wildman–Crippen LogP) is 2.94. The van der Waals surface area contributed by atoms with Crippen molar-refractivity contribution >= 4 is 23.3 Å². The third kappa shape index (κ3) is 2.23. The molecular formula is C14H18FN3OS. The van der Waals surface area contributed by atoms with Crippen molar-refractivity contribution in [2.75, 3.05) is 20.7 Å². The maximum absolute atomic E-state index is 13.7. The summed E-state index contributed by atoms with van der Waals surface area (Å²) < 4.78 is 21.5. The zero-order valence-electron chi connectivity index (χ0n) is 11.6. The Labute approximate surface area is 122 Å². The summed E-state index contributed by atoms with van der Waals surface area (Å²) in [4.78, 5) is 5.42. The fourth-order valence-corrected chi connectivity index (χ4v) is 3.20. The monoisotopic (exact) mass is 295 g/mol. The van der Waals surface area contributed by atoms with Crippen molar-refractivity contribution in [2.24, 2.45) is 0 Å². The maximum atomic E-state index is 13.7. The van der Waals surface area contributed by atoms with Gasteiger partial charge in [-0.1, -0.05) is 0 Å². The standard InChI is InChI=1S/C14H18FN3OS/c1-17-5-3-4-9(17)8-18-12-7-13(19-2)10(15)6-11(12)16-14(18)20/h6-7,9H,3-5,8H2,1-2H3,(H,16,20). The Bertz CT molecular complexity index is 694. The molecule has 1 fully saturated rings. The van der Waals surface area contributed by atoms with Crippen molar-refractivity contribution in [1.29, 1.82) is 0 Å². The molecule has 0 spiro atoms. The van der Waals surface area contributed by atoms with E-state index in [0.717, 1.165) is 18.6 Å². The Kier molecular flexibility index (Phi) is 3.52. The van der Waals surface area contributed by atoms with Gasteiger partial charge in [-0.25, -0.2) is 4.39 Å². The van der Waals surface area contributed by atoms with Gasteiger partial charge in [0, 0.05) is 24.7 Å². The summed E-state index contributed by atoms with van der Waals surface area (Å²) in [5.41, 5.74) is 1.61. The molecule has 20 heavy (non-hydrogen) atoms. The van der Waals surface area contributed by atoms with Crippen molar-refractivity contribution < 1.29 is 9.13 Å². The van der Waals surface area contributed by atoms with E-state index in [-0.39, 0.29) is 11.6 Å². The van der Waals surface area contributed by atoms with Crippen molar-refractivity contribution in [3.8, 4) is 5.75 Å². The van der Waals surface area contributed by atoms with Gasteiger partial charge in [-0.15, -0.1) is 0 Å². The number of nitrogens with one attached hydrogen (secondary N) is 1. The number of fused-ring (bicyclic) bond motifs is 1. The molecule has 1 aliphatic rings. The van der Waals surface area contributed by atoms with Crippen LogP contribution < -0.4 is 4.74 Å². The smallest absolute Gasteiger partial charge is 0.178 e. The number of ether oxygens (including phenoxy) is 1. The molecule has 0 radical (unpaired) electrons. The lowest BCUT2D eigenvalue weighted by molar-refractivity contribution is 0.283. The van der Waals surface area contributed by atoms with E-state index in [1.54, 1.807) is 6.07 Å². The molecule has 1 atom stereocenters. The van der Waals surface area contributed by atoms with E-state index in [4.69, 9.17) is 17.0 Å². The summed E-state index contributed by atoms with van der Waals surface area (Å²) in [7, 11) is 3.61. The molecule has 1 aromatic heterocycles. The summed E-state index contributed by atoms with van der Waals surface area (Å²) in [5.74, 6) is -0.124. The van der Waals surface area contributed by atoms with E-state index in [1.807, 2.05) is 4.57 Å². The highest BCUT2D eigenvalue weighted by Crippen LogP contribution is 2.26. The van der Waals surface area contributed by atoms with Crippen LogP contribution in [0.15, 0.2) is 12.1 Å². The number of likely N-dealkylation sites (tertiary alicyclic amines) is 1. The van der Waals surface area contributed by atoms with E-state index in [1.165, 1.54) is 26.0 Å². The van der Waals surface area contributed by atoms with Gasteiger partial charge >= 0.3 is 0 Å². The molecule has 1 saturated heterocycles. The molecule has 108 valence electrons. The molecule has 4 nitrogen and oxygen atoms in total. The van der Waals surface area contributed by atoms with Crippen LogP contribution in [0, 0.1) is 10.6 Å². The molecule has 2 aromatic rings. The van der Waals surface area contributed by atoms with Gasteiger partial charge in [-0.2, -0.15) is 0 Å². The first-order valence-electron chi connectivity index (χ1n) is 6.76. The average molecular weight is 295 g/mol. The largest absolute Gasteiger partial charge is 0.494 e. The lowest BCUT2D eigenvalue weighted by Gasteiger charge is -2.20. The molecule has 2 heterocycles. The lowest BCUT2D eigenvalue weighted by Crippen LogP contribution is -2.29. The molecule has 0 aliphatic carbocycles. The van der Waals surface area contributed by atoms with Crippen LogP contribution in [0.1, 0.15) is 12.8 Å². The number of aromatic amines is 1. The number of H-pyrrole nitrogens is 1. The van der Waals surface area contributed by atoms with Crippen LogP contribution in [0.5, 0.6) is 5.75 Å². The van der Waals surface area contributed by atoms with Crippen molar-refractivity contribution in [3.05, 3.63) is 22.7 Å². The van der Waals surface area contributed by atoms with Crippen LogP contribution in [0.4, 0.5) is 4.39 Å². The SMILES string of the molecule is COc1cc2c(cc1F)[nH]c(=S)n2CC1CCCN1C. The number of nitrogens with zero attached hydrogens (tertiary/aromatic N) is 2. The molecule has 0 saturated carbocycles. The number of benzene rings is 1. The molecule has 0 amide bonds. The first-order chi connectivity index (χ1) is 9.60. The lowest BCUT2D eigenvalue weighted by atomic mass is 10.2. The average Bonchev–Trinajstić information content (AvgIpc) is 2.94. The van der Waals surface area contributed by atoms with Crippen LogP contribution in [0.25, 0.3) is 11.0 Å². The van der Waals surface area contributed by atoms with E-state index in [2.05, 4.69) is 16.9 Å². The highest BCUT2D eigenvalue weighted by Gasteiger charge is 2.22. The van der Waals surface area contributed by atoms with E-state index in [9.17, 15) is 4.39 Å². The number of likely N-dealkylation sites (N-methyl/N-ethyl adjacent to an activating group) is 1. The number of methoxy groups -OCH3 is 1. The fraction of sp³-hybridized carbons (Fsp3) is 0.500. The quantitative estimate of drug-likeness (QED) is 0.884. The van der Waals surface area contributed by atoms with E-state index in [0.29, 0.717) is 16.3 Å². The van der Waals surface area contributed by atoms with Gasteiger partial charge in [-0.3, -0.25) is 0 Å². The zero-order valence-corrected chi connectivity index (χ0v) is 12.5. The minimum Gasteiger partial charge on any atom is -0.494 e. The Morgan fingerprint density at radius 1 is 1.50 bits per heavy atom. The summed E-state index contributed by atoms with van der Waals surface area (Å²) in [6.07, 6.45) is 2.39. The number of hydrogen-bond donors (Lipinski definition) is 1. The molecular weight excluding hydrogens is 277 g/mol. The first-order valence-corrected chi connectivity index (χ1v) is 7.17. The molecule has 1 unspecified atom stereocenters. The van der Waals surface area contributed by atoms with E-state index < -0.39 is 0 Å². The molecule has 1 aromatic carbocycles. The fourth-order valence-electron chi connectivity index (χ4n) is 2.92. The maximum Gasteiger partial charge on any atom is 0.178 e. The number of imidazole rings is 1. The van der Waals surface area contributed by atoms with Gasteiger partial charge in [0.1, 0.15) is 0 Å². The Balaban J connectivity index is 2.05. The molecule has 6 heteroatoms. The second-order valence-electron chi connectivity index (χ2n) is 5.32. The highest BCUT2D eigenvalue weighted by atomic mass is 32.1. The van der Waals surface area contributed by atoms with E-state index >= 15 is 0 Å². The van der Waals surface area contributed by atoms with Gasteiger partial charge in [0.2, 0.25) is 0 Å². The normalized spacial score (nSPS) is 19.9. The Hall–Kier alpha value is -1.40. The summed E-state index contributed by atoms with van der Waals surface area (Å²) >= 11 is 5.37. The minimum absolute atomic E-state index is 0.250. The Morgan fingerprint density at radius 3 is 2.95 bits per heavy atom. The summed E-state index contributed by atoms with van der Waals surface area (Å²) in [6.45, 7) is 1.95. The predicted molar refractivity (Wildman–Crippen MR) is 79.3 cm³/mol. The van der Waals surface area contributed by atoms with Crippen LogP contribution >= 0.6 is 12.2 Å². The third-order valence-electron chi connectivity index (χ3n) is 4.11. The number of hydrogen-bond acceptors (Lipinski definition) is 3. The second-order valence-corrected chi connectivity index (χ2v) is 5.71. The Morgan fingerprint density at radius 2 is 2.30 bits per heavy atom. The van der Waals surface area contributed by atoms with Crippen LogP contribution in [0.2, 0.25) is 0 Å². The van der Waals surface area contributed by atoms with Gasteiger partial charge in [-0.05, 0) is 38.7 Å². The highest BCUT2D eigenvalue weighted by molar-refractivity contribution is 7.71. The van der Waals surface area contributed by atoms with Crippen molar-refractivity contribution in [1.82, 2.24) is 14.5 Å². The van der Waals surface area contributed by atoms with Crippen LogP contribution in [-0.4, -0.2) is 41.2 Å². The van der Waals surface area contributed by atoms with Gasteiger partial charge in [0.25, 0.3) is 0 Å². The molecule has 1 N–H and O–H groups in total. The molecule has 0 bridgehead atoms.